The van der Waals surface area contributed by atoms with E-state index in [2.05, 4.69) is 11.8 Å². The molecule has 0 aliphatic rings. The average Bonchev–Trinajstić information content (AvgIpc) is 2.45. The van der Waals surface area contributed by atoms with Gasteiger partial charge in [-0.05, 0) is 42.5 Å². The van der Waals surface area contributed by atoms with Gasteiger partial charge in [-0.3, -0.25) is 0 Å². The summed E-state index contributed by atoms with van der Waals surface area (Å²) in [5.74, 6) is 5.43. The maximum atomic E-state index is 13.2. The zero-order valence-electron chi connectivity index (χ0n) is 10.7. The van der Waals surface area contributed by atoms with Crippen molar-refractivity contribution in [2.45, 2.75) is 6.43 Å². The summed E-state index contributed by atoms with van der Waals surface area (Å²) in [6, 6.07) is 10.1. The molecule has 0 aliphatic carbocycles. The first-order chi connectivity index (χ1) is 9.58. The Morgan fingerprint density at radius 3 is 2.20 bits per heavy atom. The number of ether oxygens (including phenoxy) is 1. The minimum Gasteiger partial charge on any atom is -0.497 e. The number of hydrogen-bond donors (Lipinski definition) is 0. The Hall–Kier alpha value is -2.41. The van der Waals surface area contributed by atoms with E-state index in [1.165, 1.54) is 6.07 Å². The largest absolute Gasteiger partial charge is 0.497 e. The summed E-state index contributed by atoms with van der Waals surface area (Å²) in [4.78, 5) is 0. The van der Waals surface area contributed by atoms with Gasteiger partial charge in [0.2, 0.25) is 0 Å². The van der Waals surface area contributed by atoms with Gasteiger partial charge in [-0.2, -0.15) is 0 Å². The first kappa shape index (κ1) is 14.0. The fourth-order valence-corrected chi connectivity index (χ4v) is 1.63. The van der Waals surface area contributed by atoms with Crippen molar-refractivity contribution in [1.82, 2.24) is 0 Å². The minimum atomic E-state index is -2.72. The van der Waals surface area contributed by atoms with Crippen molar-refractivity contribution in [2.75, 3.05) is 7.11 Å². The third-order valence-electron chi connectivity index (χ3n) is 2.61. The molecule has 0 aliphatic heterocycles. The van der Waals surface area contributed by atoms with Crippen LogP contribution in [0.2, 0.25) is 0 Å². The van der Waals surface area contributed by atoms with Crippen molar-refractivity contribution in [3.05, 3.63) is 65.0 Å². The van der Waals surface area contributed by atoms with Crippen molar-refractivity contribution in [3.8, 4) is 17.6 Å². The normalized spacial score (nSPS) is 10.1. The Balaban J connectivity index is 2.27. The zero-order valence-corrected chi connectivity index (χ0v) is 10.7. The molecule has 1 nitrogen and oxygen atoms in total. The van der Waals surface area contributed by atoms with Gasteiger partial charge in [-0.1, -0.05) is 11.8 Å². The highest BCUT2D eigenvalue weighted by Gasteiger charge is 2.09. The molecule has 0 saturated heterocycles. The van der Waals surface area contributed by atoms with Crippen molar-refractivity contribution in [3.63, 3.8) is 0 Å². The molecule has 0 aromatic heterocycles. The van der Waals surface area contributed by atoms with E-state index < -0.39 is 12.2 Å². The standard InChI is InChI=1S/C16H11F3O/c1-20-15-6-4-11(5-7-15)2-3-12-8-13(16(18)19)10-14(17)9-12/h4-10,16H,1H3. The molecule has 0 radical (unpaired) electrons. The molecule has 2 rings (SSSR count). The van der Waals surface area contributed by atoms with Gasteiger partial charge in [0.25, 0.3) is 6.43 Å². The average molecular weight is 276 g/mol. The smallest absolute Gasteiger partial charge is 0.263 e. The number of alkyl halides is 2. The van der Waals surface area contributed by atoms with Crippen LogP contribution in [0.15, 0.2) is 42.5 Å². The maximum Gasteiger partial charge on any atom is 0.263 e. The highest BCUT2D eigenvalue weighted by atomic mass is 19.3. The van der Waals surface area contributed by atoms with Gasteiger partial charge in [-0.25, -0.2) is 13.2 Å². The summed E-state index contributed by atoms with van der Waals surface area (Å²) in [7, 11) is 1.55. The van der Waals surface area contributed by atoms with Crippen LogP contribution < -0.4 is 4.74 Å². The van der Waals surface area contributed by atoms with E-state index in [-0.39, 0.29) is 11.1 Å². The van der Waals surface area contributed by atoms with Gasteiger partial charge in [0.1, 0.15) is 11.6 Å². The molecule has 0 bridgehead atoms. The Labute approximate surface area is 115 Å². The number of hydrogen-bond acceptors (Lipinski definition) is 1. The van der Waals surface area contributed by atoms with E-state index in [9.17, 15) is 13.2 Å². The second kappa shape index (κ2) is 6.16. The second-order valence-electron chi connectivity index (χ2n) is 4.05. The molecule has 0 unspecified atom stereocenters. The van der Waals surface area contributed by atoms with E-state index >= 15 is 0 Å². The van der Waals surface area contributed by atoms with E-state index in [1.54, 1.807) is 31.4 Å². The third-order valence-corrected chi connectivity index (χ3v) is 2.61. The molecule has 20 heavy (non-hydrogen) atoms. The lowest BCUT2D eigenvalue weighted by atomic mass is 10.1. The zero-order chi connectivity index (χ0) is 14.5. The van der Waals surface area contributed by atoms with Gasteiger partial charge >= 0.3 is 0 Å². The molecule has 4 heteroatoms. The second-order valence-corrected chi connectivity index (χ2v) is 4.05. The van der Waals surface area contributed by atoms with Crippen LogP contribution in [0.3, 0.4) is 0 Å². The first-order valence-electron chi connectivity index (χ1n) is 5.83. The summed E-state index contributed by atoms with van der Waals surface area (Å²) >= 11 is 0. The lowest BCUT2D eigenvalue weighted by Crippen LogP contribution is -1.89. The minimum absolute atomic E-state index is 0.219. The number of halogens is 3. The molecule has 0 atom stereocenters. The molecular formula is C16H11F3O. The van der Waals surface area contributed by atoms with Crippen molar-refractivity contribution < 1.29 is 17.9 Å². The predicted octanol–water partition coefficient (Wildman–Crippen LogP) is 4.17. The molecule has 0 spiro atoms. The lowest BCUT2D eigenvalue weighted by Gasteiger charge is -2.00. The third kappa shape index (κ3) is 3.55. The van der Waals surface area contributed by atoms with Crippen molar-refractivity contribution in [2.24, 2.45) is 0 Å². The molecule has 0 saturated carbocycles. The fraction of sp³-hybridized carbons (Fsp3) is 0.125. The quantitative estimate of drug-likeness (QED) is 0.748. The van der Waals surface area contributed by atoms with Crippen LogP contribution in [0.5, 0.6) is 5.75 Å². The molecule has 2 aromatic carbocycles. The van der Waals surface area contributed by atoms with Crippen LogP contribution in [0.25, 0.3) is 0 Å². The fourth-order valence-electron chi connectivity index (χ4n) is 1.63. The van der Waals surface area contributed by atoms with E-state index in [4.69, 9.17) is 4.74 Å². The number of benzene rings is 2. The van der Waals surface area contributed by atoms with Crippen LogP contribution >= 0.6 is 0 Å². The first-order valence-corrected chi connectivity index (χ1v) is 5.83. The van der Waals surface area contributed by atoms with Gasteiger partial charge < -0.3 is 4.74 Å². The molecule has 0 fully saturated rings. The van der Waals surface area contributed by atoms with E-state index in [0.29, 0.717) is 11.3 Å². The summed E-state index contributed by atoms with van der Waals surface area (Å²) in [6.45, 7) is 0. The lowest BCUT2D eigenvalue weighted by molar-refractivity contribution is 0.151. The van der Waals surface area contributed by atoms with Gasteiger partial charge in [0, 0.05) is 16.7 Å². The van der Waals surface area contributed by atoms with Gasteiger partial charge in [-0.15, -0.1) is 0 Å². The van der Waals surface area contributed by atoms with Crippen LogP contribution in [-0.2, 0) is 0 Å². The van der Waals surface area contributed by atoms with Crippen LogP contribution in [0.1, 0.15) is 23.1 Å². The summed E-state index contributed by atoms with van der Waals surface area (Å²) in [5.41, 5.74) is 0.536. The Morgan fingerprint density at radius 1 is 0.950 bits per heavy atom. The summed E-state index contributed by atoms with van der Waals surface area (Å²) in [6.07, 6.45) is -2.72. The molecular weight excluding hydrogens is 265 g/mol. The number of methoxy groups -OCH3 is 1. The number of rotatable bonds is 2. The van der Waals surface area contributed by atoms with Gasteiger partial charge in [0.05, 0.1) is 7.11 Å². The summed E-state index contributed by atoms with van der Waals surface area (Å²) < 4.78 is 43.3. The van der Waals surface area contributed by atoms with Gasteiger partial charge in [0.15, 0.2) is 0 Å². The molecule has 102 valence electrons. The monoisotopic (exact) mass is 276 g/mol. The van der Waals surface area contributed by atoms with E-state index in [1.807, 2.05) is 0 Å². The molecule has 0 N–H and O–H groups in total. The van der Waals surface area contributed by atoms with Crippen LogP contribution in [0, 0.1) is 17.7 Å². The predicted molar refractivity (Wildman–Crippen MR) is 70.3 cm³/mol. The molecule has 0 heterocycles. The Bertz CT molecular complexity index is 652. The topological polar surface area (TPSA) is 9.23 Å². The highest BCUT2D eigenvalue weighted by molar-refractivity contribution is 5.45. The Kier molecular flexibility index (Phi) is 4.31. The molecule has 2 aromatic rings. The van der Waals surface area contributed by atoms with E-state index in [0.717, 1.165) is 12.1 Å². The maximum absolute atomic E-state index is 13.2. The van der Waals surface area contributed by atoms with Crippen LogP contribution in [-0.4, -0.2) is 7.11 Å². The molecule has 0 amide bonds. The highest BCUT2D eigenvalue weighted by Crippen LogP contribution is 2.21. The summed E-state index contributed by atoms with van der Waals surface area (Å²) in [5, 5.41) is 0. The van der Waals surface area contributed by atoms with Crippen molar-refractivity contribution >= 4 is 0 Å². The van der Waals surface area contributed by atoms with Crippen molar-refractivity contribution in [1.29, 1.82) is 0 Å². The van der Waals surface area contributed by atoms with Crippen LogP contribution in [0.4, 0.5) is 13.2 Å². The SMILES string of the molecule is COc1ccc(C#Cc2cc(F)cc(C(F)F)c2)cc1. The Morgan fingerprint density at radius 2 is 1.60 bits per heavy atom.